The Labute approximate surface area is 203 Å². The van der Waals surface area contributed by atoms with E-state index in [1.165, 1.54) is 11.8 Å². The second kappa shape index (κ2) is 8.46. The lowest BCUT2D eigenvalue weighted by molar-refractivity contribution is -0.122. The van der Waals surface area contributed by atoms with Gasteiger partial charge in [-0.1, -0.05) is 11.8 Å². The molecule has 0 spiro atoms. The molecule has 0 bridgehead atoms. The van der Waals surface area contributed by atoms with Crippen molar-refractivity contribution in [3.05, 3.63) is 41.6 Å². The van der Waals surface area contributed by atoms with Gasteiger partial charge in [0, 0.05) is 24.3 Å². The summed E-state index contributed by atoms with van der Waals surface area (Å²) in [5, 5.41) is 6.70. The van der Waals surface area contributed by atoms with Gasteiger partial charge in [-0.15, -0.1) is 0 Å². The molecular weight excluding hydrogens is 450 g/mol. The van der Waals surface area contributed by atoms with Crippen LogP contribution >= 0.6 is 11.8 Å². The minimum atomic E-state index is -0.433. The molecule has 2 fully saturated rings. The van der Waals surface area contributed by atoms with E-state index in [1.54, 1.807) is 11.1 Å². The van der Waals surface area contributed by atoms with Crippen LogP contribution in [-0.4, -0.2) is 59.4 Å². The molecule has 4 aliphatic rings. The van der Waals surface area contributed by atoms with Crippen LogP contribution in [0.25, 0.3) is 0 Å². The Hall–Kier alpha value is -2.78. The average molecular weight is 480 g/mol. The van der Waals surface area contributed by atoms with E-state index in [1.807, 2.05) is 31.2 Å². The van der Waals surface area contributed by atoms with Crippen molar-refractivity contribution in [2.24, 2.45) is 0 Å². The van der Waals surface area contributed by atoms with Gasteiger partial charge in [-0.05, 0) is 76.0 Å². The molecule has 1 saturated carbocycles. The number of rotatable bonds is 5. The van der Waals surface area contributed by atoms with Gasteiger partial charge in [-0.25, -0.2) is 9.78 Å². The molecule has 3 amide bonds. The van der Waals surface area contributed by atoms with Gasteiger partial charge in [0.15, 0.2) is 0 Å². The molecule has 9 heteroatoms. The summed E-state index contributed by atoms with van der Waals surface area (Å²) in [7, 11) is 2.08. The largest absolute Gasteiger partial charge is 0.490 e. The number of thioether (sulfide) groups is 1. The van der Waals surface area contributed by atoms with E-state index in [-0.39, 0.29) is 18.0 Å². The Morgan fingerprint density at radius 2 is 2.09 bits per heavy atom. The quantitative estimate of drug-likeness (QED) is 0.683. The van der Waals surface area contributed by atoms with Crippen molar-refractivity contribution in [3.63, 3.8) is 0 Å². The molecule has 6 rings (SSSR count). The van der Waals surface area contributed by atoms with Gasteiger partial charge in [-0.3, -0.25) is 9.69 Å². The van der Waals surface area contributed by atoms with Crippen LogP contribution in [0.1, 0.15) is 42.9 Å². The summed E-state index contributed by atoms with van der Waals surface area (Å²) in [6.45, 7) is 3.90. The number of amides is 3. The SMILES string of the molecule is Cc1cc(OC2CC2)ccc1N1C(=O)NC2c3c1ccnc3S[C@H]2C(=O)NC1CCCN(C)C1. The van der Waals surface area contributed by atoms with Crippen molar-refractivity contribution >= 4 is 35.1 Å². The highest BCUT2D eigenvalue weighted by Gasteiger charge is 2.47. The average Bonchev–Trinajstić information content (AvgIpc) is 3.54. The van der Waals surface area contributed by atoms with Gasteiger partial charge in [-0.2, -0.15) is 0 Å². The second-order valence-electron chi connectivity index (χ2n) is 9.73. The molecule has 178 valence electrons. The summed E-state index contributed by atoms with van der Waals surface area (Å²) in [6.07, 6.45) is 6.30. The number of anilines is 2. The number of likely N-dealkylation sites (tertiary alicyclic amines) is 1. The van der Waals surface area contributed by atoms with Gasteiger partial charge >= 0.3 is 6.03 Å². The fraction of sp³-hybridized carbons (Fsp3) is 0.480. The van der Waals surface area contributed by atoms with Crippen LogP contribution in [0.4, 0.5) is 16.2 Å². The van der Waals surface area contributed by atoms with Crippen LogP contribution in [0.5, 0.6) is 5.75 Å². The lowest BCUT2D eigenvalue weighted by Crippen LogP contribution is -2.52. The van der Waals surface area contributed by atoms with E-state index in [9.17, 15) is 9.59 Å². The minimum absolute atomic E-state index is 0.0363. The van der Waals surface area contributed by atoms with E-state index < -0.39 is 11.3 Å². The van der Waals surface area contributed by atoms with E-state index in [4.69, 9.17) is 4.74 Å². The van der Waals surface area contributed by atoms with Crippen LogP contribution < -0.4 is 20.3 Å². The normalized spacial score (nSPS) is 26.1. The van der Waals surface area contributed by atoms with Crippen molar-refractivity contribution in [1.29, 1.82) is 0 Å². The number of piperidine rings is 1. The highest BCUT2D eigenvalue weighted by molar-refractivity contribution is 8.01. The Balaban J connectivity index is 1.27. The Kier molecular flexibility index (Phi) is 5.41. The van der Waals surface area contributed by atoms with Crippen molar-refractivity contribution < 1.29 is 14.3 Å². The number of likely N-dealkylation sites (N-methyl/N-ethyl adjacent to an activating group) is 1. The molecule has 1 aliphatic carbocycles. The van der Waals surface area contributed by atoms with E-state index in [2.05, 4.69) is 27.6 Å². The maximum Gasteiger partial charge on any atom is 0.327 e. The maximum absolute atomic E-state index is 13.4. The Morgan fingerprint density at radius 1 is 1.24 bits per heavy atom. The van der Waals surface area contributed by atoms with Crippen molar-refractivity contribution in [1.82, 2.24) is 20.5 Å². The fourth-order valence-corrected chi connectivity index (χ4v) is 6.40. The number of ether oxygens (including phenoxy) is 1. The topological polar surface area (TPSA) is 86.8 Å². The fourth-order valence-electron chi connectivity index (χ4n) is 5.16. The first-order valence-corrected chi connectivity index (χ1v) is 12.9. The summed E-state index contributed by atoms with van der Waals surface area (Å²) in [5.41, 5.74) is 3.47. The molecular formula is C25H29N5O3S. The molecule has 3 aliphatic heterocycles. The third-order valence-electron chi connectivity index (χ3n) is 6.97. The molecule has 3 atom stereocenters. The zero-order valence-electron chi connectivity index (χ0n) is 19.4. The summed E-state index contributed by atoms with van der Waals surface area (Å²) in [6, 6.07) is 7.23. The molecule has 0 radical (unpaired) electrons. The number of aromatic nitrogens is 1. The third-order valence-corrected chi connectivity index (χ3v) is 8.26. The molecule has 1 aromatic heterocycles. The van der Waals surface area contributed by atoms with Crippen LogP contribution in [0, 0.1) is 6.92 Å². The molecule has 2 N–H and O–H groups in total. The summed E-state index contributed by atoms with van der Waals surface area (Å²) >= 11 is 1.44. The van der Waals surface area contributed by atoms with Gasteiger partial charge in [0.2, 0.25) is 5.91 Å². The molecule has 8 nitrogen and oxygen atoms in total. The first-order valence-electron chi connectivity index (χ1n) is 12.0. The van der Waals surface area contributed by atoms with E-state index in [0.29, 0.717) is 6.10 Å². The van der Waals surface area contributed by atoms with Gasteiger partial charge in [0.1, 0.15) is 16.0 Å². The number of carbonyl (C=O) groups excluding carboxylic acids is 2. The molecule has 4 heterocycles. The van der Waals surface area contributed by atoms with Crippen LogP contribution in [-0.2, 0) is 4.79 Å². The number of hydrogen-bond acceptors (Lipinski definition) is 6. The minimum Gasteiger partial charge on any atom is -0.490 e. The van der Waals surface area contributed by atoms with Crippen molar-refractivity contribution in [2.45, 2.75) is 61.1 Å². The zero-order chi connectivity index (χ0) is 23.4. The lowest BCUT2D eigenvalue weighted by Gasteiger charge is -2.35. The third kappa shape index (κ3) is 3.90. The van der Waals surface area contributed by atoms with Gasteiger partial charge in [0.25, 0.3) is 0 Å². The van der Waals surface area contributed by atoms with Crippen LogP contribution in [0.3, 0.4) is 0 Å². The first-order chi connectivity index (χ1) is 16.5. The molecule has 2 unspecified atom stereocenters. The van der Waals surface area contributed by atoms with Crippen LogP contribution in [0.2, 0.25) is 0 Å². The monoisotopic (exact) mass is 479 g/mol. The highest BCUT2D eigenvalue weighted by Crippen LogP contribution is 2.51. The molecule has 1 aromatic carbocycles. The predicted molar refractivity (Wildman–Crippen MR) is 131 cm³/mol. The van der Waals surface area contributed by atoms with E-state index in [0.717, 1.165) is 72.0 Å². The Morgan fingerprint density at radius 3 is 2.85 bits per heavy atom. The van der Waals surface area contributed by atoms with Gasteiger partial charge in [0.05, 0.1) is 23.5 Å². The number of carbonyl (C=O) groups is 2. The number of aryl methyl sites for hydroxylation is 1. The molecule has 1 saturated heterocycles. The first kappa shape index (κ1) is 21.7. The predicted octanol–water partition coefficient (Wildman–Crippen LogP) is 3.52. The second-order valence-corrected chi connectivity index (χ2v) is 10.9. The highest BCUT2D eigenvalue weighted by atomic mass is 32.2. The standard InChI is InChI=1S/C25H29N5O3S/c1-14-12-17(33-16-5-6-16)7-8-18(14)30-19-9-10-26-24-20(19)21(28-25(30)32)22(34-24)23(31)27-15-4-3-11-29(2)13-15/h7-10,12,15-16,21-22H,3-6,11,13H2,1-2H3,(H,27,31)(H,28,32)/t15?,21?,22-/m1/s1. The number of nitrogens with zero attached hydrogens (tertiary/aromatic N) is 3. The number of urea groups is 1. The molecule has 34 heavy (non-hydrogen) atoms. The van der Waals surface area contributed by atoms with Gasteiger partial charge < -0.3 is 20.3 Å². The maximum atomic E-state index is 13.4. The van der Waals surface area contributed by atoms with Crippen molar-refractivity contribution in [2.75, 3.05) is 25.0 Å². The molecule has 2 aromatic rings. The van der Waals surface area contributed by atoms with E-state index >= 15 is 0 Å². The number of hydrogen-bond donors (Lipinski definition) is 2. The summed E-state index contributed by atoms with van der Waals surface area (Å²) in [4.78, 5) is 35.2. The zero-order valence-corrected chi connectivity index (χ0v) is 20.2. The summed E-state index contributed by atoms with van der Waals surface area (Å²) in [5.74, 6) is 0.797. The number of benzene rings is 1. The lowest BCUT2D eigenvalue weighted by atomic mass is 9.98. The number of pyridine rings is 1. The van der Waals surface area contributed by atoms with Crippen molar-refractivity contribution in [3.8, 4) is 5.75 Å². The van der Waals surface area contributed by atoms with Crippen LogP contribution in [0.15, 0.2) is 35.5 Å². The summed E-state index contributed by atoms with van der Waals surface area (Å²) < 4.78 is 5.92. The smallest absolute Gasteiger partial charge is 0.327 e. The number of nitrogens with one attached hydrogen (secondary N) is 2. The Bertz CT molecular complexity index is 1150.